The molecule has 1 unspecified atom stereocenters. The topological polar surface area (TPSA) is 77.0 Å². The molecule has 6 nitrogen and oxygen atoms in total. The predicted molar refractivity (Wildman–Crippen MR) is 77.1 cm³/mol. The van der Waals surface area contributed by atoms with E-state index in [4.69, 9.17) is 17.3 Å². The second-order valence-electron chi connectivity index (χ2n) is 4.50. The van der Waals surface area contributed by atoms with Crippen molar-refractivity contribution < 1.29 is 4.79 Å². The summed E-state index contributed by atoms with van der Waals surface area (Å²) in [7, 11) is 1.73. The van der Waals surface area contributed by atoms with Gasteiger partial charge in [0, 0.05) is 12.1 Å². The van der Waals surface area contributed by atoms with Gasteiger partial charge in [0.25, 0.3) is 0 Å². The molecule has 0 spiro atoms. The van der Waals surface area contributed by atoms with Crippen LogP contribution in [0.1, 0.15) is 18.5 Å². The van der Waals surface area contributed by atoms with Crippen LogP contribution in [0.15, 0.2) is 30.6 Å². The van der Waals surface area contributed by atoms with Crippen LogP contribution in [0.5, 0.6) is 0 Å². The van der Waals surface area contributed by atoms with Crippen molar-refractivity contribution in [2.75, 3.05) is 12.8 Å². The third-order valence-corrected chi connectivity index (χ3v) is 3.53. The van der Waals surface area contributed by atoms with Gasteiger partial charge in [0.15, 0.2) is 0 Å². The number of nitrogens with two attached hydrogens (primary N) is 1. The van der Waals surface area contributed by atoms with E-state index in [1.54, 1.807) is 11.9 Å². The lowest BCUT2D eigenvalue weighted by molar-refractivity contribution is -0.132. The fraction of sp³-hybridized carbons (Fsp3) is 0.308. The first-order valence-corrected chi connectivity index (χ1v) is 6.52. The zero-order chi connectivity index (χ0) is 14.7. The van der Waals surface area contributed by atoms with Crippen LogP contribution in [0.4, 0.5) is 5.95 Å². The molecule has 0 aliphatic carbocycles. The Labute approximate surface area is 122 Å². The number of carbonyl (C=O) groups is 1. The molecule has 1 aromatic heterocycles. The Morgan fingerprint density at radius 1 is 1.50 bits per heavy atom. The lowest BCUT2D eigenvalue weighted by atomic mass is 10.1. The molecule has 2 aromatic rings. The molecule has 1 atom stereocenters. The molecular formula is C13H16ClN5O. The molecular weight excluding hydrogens is 278 g/mol. The number of anilines is 1. The van der Waals surface area contributed by atoms with Gasteiger partial charge in [-0.15, -0.1) is 5.10 Å². The number of nitrogens with zero attached hydrogens (tertiary/aromatic N) is 4. The van der Waals surface area contributed by atoms with Gasteiger partial charge in [0.2, 0.25) is 11.9 Å². The molecule has 2 N–H and O–H groups in total. The van der Waals surface area contributed by atoms with Gasteiger partial charge < -0.3 is 10.6 Å². The zero-order valence-electron chi connectivity index (χ0n) is 11.3. The summed E-state index contributed by atoms with van der Waals surface area (Å²) in [5.74, 6) is 0.0573. The monoisotopic (exact) mass is 293 g/mol. The smallest absolute Gasteiger partial charge is 0.244 e. The molecule has 0 radical (unpaired) electrons. The quantitative estimate of drug-likeness (QED) is 0.931. The summed E-state index contributed by atoms with van der Waals surface area (Å²) in [5, 5.41) is 4.54. The molecule has 1 aromatic carbocycles. The minimum atomic E-state index is -0.128. The number of aromatic nitrogens is 3. The second-order valence-corrected chi connectivity index (χ2v) is 4.91. The summed E-state index contributed by atoms with van der Waals surface area (Å²) in [6.07, 6.45) is 1.43. The number of amides is 1. The summed E-state index contributed by atoms with van der Waals surface area (Å²) in [5.41, 5.74) is 6.32. The Balaban J connectivity index is 2.08. The maximum Gasteiger partial charge on any atom is 0.244 e. The van der Waals surface area contributed by atoms with Gasteiger partial charge in [-0.05, 0) is 18.6 Å². The summed E-state index contributed by atoms with van der Waals surface area (Å²) < 4.78 is 1.41. The molecule has 2 rings (SSSR count). The molecule has 20 heavy (non-hydrogen) atoms. The minimum absolute atomic E-state index is 0.0928. The fourth-order valence-corrected chi connectivity index (χ4v) is 2.17. The highest BCUT2D eigenvalue weighted by Crippen LogP contribution is 2.26. The van der Waals surface area contributed by atoms with Gasteiger partial charge in [-0.1, -0.05) is 29.8 Å². The molecule has 0 aliphatic heterocycles. The molecule has 0 aliphatic rings. The summed E-state index contributed by atoms with van der Waals surface area (Å²) in [6, 6.07) is 7.35. The van der Waals surface area contributed by atoms with Gasteiger partial charge in [0.1, 0.15) is 12.9 Å². The Morgan fingerprint density at radius 2 is 2.20 bits per heavy atom. The molecule has 0 saturated carbocycles. The largest absolute Gasteiger partial charge is 0.367 e. The van der Waals surface area contributed by atoms with Crippen LogP contribution in [0.25, 0.3) is 0 Å². The Kier molecular flexibility index (Phi) is 4.24. The highest BCUT2D eigenvalue weighted by Gasteiger charge is 2.19. The Bertz CT molecular complexity index is 612. The maximum absolute atomic E-state index is 12.2. The van der Waals surface area contributed by atoms with Crippen LogP contribution < -0.4 is 5.73 Å². The Hall–Kier alpha value is -2.08. The number of benzene rings is 1. The average Bonchev–Trinajstić information content (AvgIpc) is 2.83. The normalized spacial score (nSPS) is 12.2. The number of carbonyl (C=O) groups excluding carboxylic acids is 1. The van der Waals surface area contributed by atoms with Crippen LogP contribution in [0.2, 0.25) is 5.02 Å². The summed E-state index contributed by atoms with van der Waals surface area (Å²) in [6.45, 7) is 2.02. The summed E-state index contributed by atoms with van der Waals surface area (Å²) >= 11 is 6.15. The molecule has 0 fully saturated rings. The molecule has 0 saturated heterocycles. The van der Waals surface area contributed by atoms with E-state index >= 15 is 0 Å². The van der Waals surface area contributed by atoms with E-state index in [1.807, 2.05) is 31.2 Å². The maximum atomic E-state index is 12.2. The van der Waals surface area contributed by atoms with Crippen molar-refractivity contribution in [2.24, 2.45) is 0 Å². The third kappa shape index (κ3) is 3.08. The minimum Gasteiger partial charge on any atom is -0.367 e. The van der Waals surface area contributed by atoms with E-state index in [1.165, 1.54) is 11.0 Å². The fourth-order valence-electron chi connectivity index (χ4n) is 1.87. The van der Waals surface area contributed by atoms with Gasteiger partial charge >= 0.3 is 0 Å². The first-order valence-electron chi connectivity index (χ1n) is 6.14. The number of hydrogen-bond donors (Lipinski definition) is 1. The standard InChI is InChI=1S/C13H16ClN5O/c1-9(10-5-3-4-6-11(10)14)18(2)12(20)7-19-8-16-13(15)17-19/h3-6,8-9H,7H2,1-2H3,(H2,15,17). The third-order valence-electron chi connectivity index (χ3n) is 3.18. The van der Waals surface area contributed by atoms with E-state index in [9.17, 15) is 4.79 Å². The number of hydrogen-bond acceptors (Lipinski definition) is 4. The van der Waals surface area contributed by atoms with Gasteiger partial charge in [-0.25, -0.2) is 9.67 Å². The first kappa shape index (κ1) is 14.3. The number of halogens is 1. The molecule has 0 bridgehead atoms. The average molecular weight is 294 g/mol. The van der Waals surface area contributed by atoms with Gasteiger partial charge in [-0.2, -0.15) is 0 Å². The van der Waals surface area contributed by atoms with E-state index in [0.29, 0.717) is 5.02 Å². The summed E-state index contributed by atoms with van der Waals surface area (Å²) in [4.78, 5) is 17.6. The van der Waals surface area contributed by atoms with Crippen molar-refractivity contribution in [1.82, 2.24) is 19.7 Å². The molecule has 7 heteroatoms. The highest BCUT2D eigenvalue weighted by molar-refractivity contribution is 6.31. The van der Waals surface area contributed by atoms with Crippen molar-refractivity contribution >= 4 is 23.5 Å². The lowest BCUT2D eigenvalue weighted by Gasteiger charge is -2.26. The number of likely N-dealkylation sites (N-methyl/N-ethyl adjacent to an activating group) is 1. The Morgan fingerprint density at radius 3 is 2.80 bits per heavy atom. The number of nitrogen functional groups attached to an aromatic ring is 1. The van der Waals surface area contributed by atoms with Gasteiger partial charge in [0.05, 0.1) is 6.04 Å². The zero-order valence-corrected chi connectivity index (χ0v) is 12.1. The van der Waals surface area contributed by atoms with E-state index in [-0.39, 0.29) is 24.4 Å². The number of rotatable bonds is 4. The van der Waals surface area contributed by atoms with Gasteiger partial charge in [-0.3, -0.25) is 4.79 Å². The molecule has 1 heterocycles. The van der Waals surface area contributed by atoms with Crippen LogP contribution in [-0.4, -0.2) is 32.6 Å². The second kappa shape index (κ2) is 5.92. The van der Waals surface area contributed by atoms with Crippen molar-refractivity contribution in [3.63, 3.8) is 0 Å². The van der Waals surface area contributed by atoms with Crippen LogP contribution >= 0.6 is 11.6 Å². The predicted octanol–water partition coefficient (Wildman–Crippen LogP) is 1.73. The lowest BCUT2D eigenvalue weighted by Crippen LogP contribution is -2.32. The van der Waals surface area contributed by atoms with Crippen molar-refractivity contribution in [2.45, 2.75) is 19.5 Å². The van der Waals surface area contributed by atoms with E-state index < -0.39 is 0 Å². The van der Waals surface area contributed by atoms with E-state index in [2.05, 4.69) is 10.1 Å². The molecule has 1 amide bonds. The van der Waals surface area contributed by atoms with Crippen LogP contribution in [0.3, 0.4) is 0 Å². The van der Waals surface area contributed by atoms with Crippen molar-refractivity contribution in [3.8, 4) is 0 Å². The highest BCUT2D eigenvalue weighted by atomic mass is 35.5. The van der Waals surface area contributed by atoms with Crippen LogP contribution in [0, 0.1) is 0 Å². The molecule has 106 valence electrons. The first-order chi connectivity index (χ1) is 9.49. The van der Waals surface area contributed by atoms with E-state index in [0.717, 1.165) is 5.56 Å². The SMILES string of the molecule is CC(c1ccccc1Cl)N(C)C(=O)Cn1cnc(N)n1. The van der Waals surface area contributed by atoms with Crippen molar-refractivity contribution in [3.05, 3.63) is 41.2 Å². The van der Waals surface area contributed by atoms with Crippen LogP contribution in [-0.2, 0) is 11.3 Å². The van der Waals surface area contributed by atoms with Crippen molar-refractivity contribution in [1.29, 1.82) is 0 Å².